The largest absolute Gasteiger partial charge is 0.362 e. The number of thioether (sulfide) groups is 1. The van der Waals surface area contributed by atoms with Crippen LogP contribution < -0.4 is 0 Å². The van der Waals surface area contributed by atoms with Crippen molar-refractivity contribution < 1.29 is 4.79 Å². The van der Waals surface area contributed by atoms with Gasteiger partial charge < -0.3 is 4.98 Å². The molecule has 2 rings (SSSR count). The number of rotatable bonds is 2. The molecule has 1 amide bonds. The molecule has 0 radical (unpaired) electrons. The van der Waals surface area contributed by atoms with Gasteiger partial charge in [-0.2, -0.15) is 0 Å². The van der Waals surface area contributed by atoms with Crippen LogP contribution in [0.3, 0.4) is 0 Å². The molecule has 3 nitrogen and oxygen atoms in total. The van der Waals surface area contributed by atoms with E-state index in [2.05, 4.69) is 4.98 Å². The molecule has 0 bridgehead atoms. The lowest BCUT2D eigenvalue weighted by Crippen LogP contribution is -2.27. The van der Waals surface area contributed by atoms with Gasteiger partial charge in [0.15, 0.2) is 0 Å². The summed E-state index contributed by atoms with van der Waals surface area (Å²) in [6.07, 6.45) is 3.65. The summed E-state index contributed by atoms with van der Waals surface area (Å²) in [5.74, 6) is 0.00194. The minimum absolute atomic E-state index is 0.00194. The van der Waals surface area contributed by atoms with Crippen LogP contribution in [0.2, 0.25) is 0 Å². The number of likely N-dealkylation sites (N-methyl/N-ethyl adjacent to an activating group) is 1. The molecule has 0 atom stereocenters. The number of nitrogens with one attached hydrogen (secondary N) is 1. The smallest absolute Gasteiger partial charge is 0.266 e. The van der Waals surface area contributed by atoms with Crippen LogP contribution in [0.4, 0.5) is 0 Å². The van der Waals surface area contributed by atoms with Crippen molar-refractivity contribution in [2.24, 2.45) is 0 Å². The van der Waals surface area contributed by atoms with E-state index in [-0.39, 0.29) is 5.91 Å². The number of carbonyl (C=O) groups excluding carboxylic acids is 1. The molecule has 1 fully saturated rings. The van der Waals surface area contributed by atoms with Crippen LogP contribution in [0.1, 0.15) is 12.6 Å². The zero-order valence-corrected chi connectivity index (χ0v) is 9.82. The Morgan fingerprint density at radius 3 is 3.00 bits per heavy atom. The number of carbonyl (C=O) groups is 1. The van der Waals surface area contributed by atoms with E-state index in [9.17, 15) is 4.79 Å². The predicted octanol–water partition coefficient (Wildman–Crippen LogP) is 2.24. The highest BCUT2D eigenvalue weighted by Crippen LogP contribution is 2.31. The fourth-order valence-electron chi connectivity index (χ4n) is 1.35. The molecule has 1 aliphatic heterocycles. The molecule has 1 saturated heterocycles. The number of nitrogens with zero attached hydrogens (tertiary/aromatic N) is 1. The highest BCUT2D eigenvalue weighted by molar-refractivity contribution is 8.26. The van der Waals surface area contributed by atoms with Gasteiger partial charge in [0.2, 0.25) is 0 Å². The minimum atomic E-state index is 0.00194. The Morgan fingerprint density at radius 2 is 2.47 bits per heavy atom. The molecule has 1 N–H and O–H groups in total. The Hall–Kier alpha value is -1.07. The number of amides is 1. The summed E-state index contributed by atoms with van der Waals surface area (Å²) in [5.41, 5.74) is 0.923. The molecule has 78 valence electrons. The number of thiocarbonyl (C=S) groups is 1. The lowest BCUT2D eigenvalue weighted by atomic mass is 10.3. The van der Waals surface area contributed by atoms with Gasteiger partial charge in [-0.1, -0.05) is 24.0 Å². The maximum atomic E-state index is 11.8. The lowest BCUT2D eigenvalue weighted by molar-refractivity contribution is -0.121. The van der Waals surface area contributed by atoms with Crippen LogP contribution in [0.25, 0.3) is 6.08 Å². The number of hydrogen-bond donors (Lipinski definition) is 1. The van der Waals surface area contributed by atoms with Crippen LogP contribution in [0.5, 0.6) is 0 Å². The third-order valence-corrected chi connectivity index (χ3v) is 3.48. The second kappa shape index (κ2) is 4.20. The first kappa shape index (κ1) is 10.4. The normalized spacial score (nSPS) is 19.3. The van der Waals surface area contributed by atoms with Gasteiger partial charge in [0.05, 0.1) is 4.91 Å². The summed E-state index contributed by atoms with van der Waals surface area (Å²) >= 11 is 6.46. The van der Waals surface area contributed by atoms with Crippen molar-refractivity contribution in [2.75, 3.05) is 6.54 Å². The zero-order chi connectivity index (χ0) is 10.8. The fraction of sp³-hybridized carbons (Fsp3) is 0.200. The lowest BCUT2D eigenvalue weighted by Gasteiger charge is -2.09. The molecule has 0 unspecified atom stereocenters. The monoisotopic (exact) mass is 238 g/mol. The molecule has 1 aliphatic rings. The standard InChI is InChI=1S/C10H10N2OS2/c1-2-12-9(13)8(15-10(12)14)6-7-4-3-5-11-7/h3-6,11H,2H2,1H3/b8-6-. The zero-order valence-electron chi connectivity index (χ0n) is 8.19. The van der Waals surface area contributed by atoms with Crippen LogP contribution in [-0.4, -0.2) is 26.7 Å². The molecular formula is C10H10N2OS2. The Labute approximate surface area is 97.5 Å². The summed E-state index contributed by atoms with van der Waals surface area (Å²) in [7, 11) is 0. The van der Waals surface area contributed by atoms with Crippen LogP contribution >= 0.6 is 24.0 Å². The van der Waals surface area contributed by atoms with E-state index in [4.69, 9.17) is 12.2 Å². The molecule has 0 aliphatic carbocycles. The number of H-pyrrole nitrogens is 1. The highest BCUT2D eigenvalue weighted by Gasteiger charge is 2.30. The Balaban J connectivity index is 2.26. The molecule has 2 heterocycles. The van der Waals surface area contributed by atoms with E-state index in [1.165, 1.54) is 11.8 Å². The third kappa shape index (κ3) is 1.98. The molecule has 0 saturated carbocycles. The first-order valence-corrected chi connectivity index (χ1v) is 5.83. The Kier molecular flexibility index (Phi) is 2.93. The Bertz CT molecular complexity index is 423. The number of hydrogen-bond acceptors (Lipinski definition) is 3. The van der Waals surface area contributed by atoms with Gasteiger partial charge in [-0.25, -0.2) is 0 Å². The molecular weight excluding hydrogens is 228 g/mol. The quantitative estimate of drug-likeness (QED) is 0.634. The second-order valence-electron chi connectivity index (χ2n) is 3.05. The number of aromatic nitrogens is 1. The van der Waals surface area contributed by atoms with E-state index < -0.39 is 0 Å². The van der Waals surface area contributed by atoms with E-state index in [1.54, 1.807) is 4.90 Å². The van der Waals surface area contributed by atoms with Crippen molar-refractivity contribution in [1.82, 2.24) is 9.88 Å². The maximum absolute atomic E-state index is 11.8. The van der Waals surface area contributed by atoms with Gasteiger partial charge in [-0.05, 0) is 25.1 Å². The SMILES string of the molecule is CCN1C(=O)/C(=C/c2ccc[nH]2)SC1=S. The second-order valence-corrected chi connectivity index (χ2v) is 4.73. The summed E-state index contributed by atoms with van der Waals surface area (Å²) in [4.78, 5) is 17.1. The third-order valence-electron chi connectivity index (χ3n) is 2.10. The molecule has 15 heavy (non-hydrogen) atoms. The molecule has 0 spiro atoms. The van der Waals surface area contributed by atoms with Crippen molar-refractivity contribution in [2.45, 2.75) is 6.92 Å². The predicted molar refractivity (Wildman–Crippen MR) is 66.3 cm³/mol. The molecule has 5 heteroatoms. The fourth-order valence-corrected chi connectivity index (χ4v) is 2.72. The first-order chi connectivity index (χ1) is 7.22. The highest BCUT2D eigenvalue weighted by atomic mass is 32.2. The van der Waals surface area contributed by atoms with Crippen molar-refractivity contribution in [1.29, 1.82) is 0 Å². The van der Waals surface area contributed by atoms with Crippen molar-refractivity contribution in [3.05, 3.63) is 28.9 Å². The van der Waals surface area contributed by atoms with E-state index in [1.807, 2.05) is 31.3 Å². The number of aromatic amines is 1. The topological polar surface area (TPSA) is 36.1 Å². The minimum Gasteiger partial charge on any atom is -0.362 e. The van der Waals surface area contributed by atoms with Crippen LogP contribution in [0, 0.1) is 0 Å². The van der Waals surface area contributed by atoms with Gasteiger partial charge in [-0.15, -0.1) is 0 Å². The van der Waals surface area contributed by atoms with E-state index in [0.29, 0.717) is 15.8 Å². The van der Waals surface area contributed by atoms with Gasteiger partial charge in [-0.3, -0.25) is 9.69 Å². The first-order valence-electron chi connectivity index (χ1n) is 4.61. The van der Waals surface area contributed by atoms with Gasteiger partial charge >= 0.3 is 0 Å². The van der Waals surface area contributed by atoms with Crippen molar-refractivity contribution in [3.8, 4) is 0 Å². The van der Waals surface area contributed by atoms with Gasteiger partial charge in [0, 0.05) is 18.4 Å². The van der Waals surface area contributed by atoms with E-state index in [0.717, 1.165) is 5.69 Å². The maximum Gasteiger partial charge on any atom is 0.266 e. The summed E-state index contributed by atoms with van der Waals surface area (Å²) in [5, 5.41) is 0. The average Bonchev–Trinajstić information content (AvgIpc) is 2.78. The molecule has 1 aromatic heterocycles. The van der Waals surface area contributed by atoms with Crippen molar-refractivity contribution in [3.63, 3.8) is 0 Å². The molecule has 0 aromatic carbocycles. The van der Waals surface area contributed by atoms with Crippen molar-refractivity contribution >= 4 is 40.3 Å². The Morgan fingerprint density at radius 1 is 1.67 bits per heavy atom. The summed E-state index contributed by atoms with van der Waals surface area (Å²) in [6, 6.07) is 3.81. The summed E-state index contributed by atoms with van der Waals surface area (Å²) in [6.45, 7) is 2.55. The average molecular weight is 238 g/mol. The van der Waals surface area contributed by atoms with Crippen LogP contribution in [0.15, 0.2) is 23.2 Å². The van der Waals surface area contributed by atoms with Gasteiger partial charge in [0.1, 0.15) is 4.32 Å². The van der Waals surface area contributed by atoms with Crippen LogP contribution in [-0.2, 0) is 4.79 Å². The van der Waals surface area contributed by atoms with E-state index >= 15 is 0 Å². The molecule has 1 aromatic rings. The van der Waals surface area contributed by atoms with Gasteiger partial charge in [0.25, 0.3) is 5.91 Å². The summed E-state index contributed by atoms with van der Waals surface area (Å²) < 4.78 is 0.639.